The van der Waals surface area contributed by atoms with Crippen molar-refractivity contribution in [3.05, 3.63) is 18.0 Å². The van der Waals surface area contributed by atoms with Crippen LogP contribution < -0.4 is 10.6 Å². The van der Waals surface area contributed by atoms with Gasteiger partial charge in [-0.2, -0.15) is 0 Å². The summed E-state index contributed by atoms with van der Waals surface area (Å²) in [7, 11) is 0. The number of hydrogen-bond acceptors (Lipinski definition) is 5. The van der Waals surface area contributed by atoms with Crippen molar-refractivity contribution < 1.29 is 5.21 Å². The Morgan fingerprint density at radius 2 is 2.29 bits per heavy atom. The van der Waals surface area contributed by atoms with Crippen molar-refractivity contribution in [1.82, 2.24) is 9.97 Å². The Morgan fingerprint density at radius 3 is 2.82 bits per heavy atom. The van der Waals surface area contributed by atoms with Gasteiger partial charge in [0.1, 0.15) is 5.69 Å². The molecular weight excluding hydrogens is 218 g/mol. The molecule has 1 aromatic rings. The van der Waals surface area contributed by atoms with Crippen LogP contribution in [-0.2, 0) is 0 Å². The summed E-state index contributed by atoms with van der Waals surface area (Å²) < 4.78 is 0. The number of rotatable bonds is 5. The summed E-state index contributed by atoms with van der Waals surface area (Å²) in [4.78, 5) is 10.5. The maximum atomic E-state index is 8.61. The second kappa shape index (κ2) is 6.03. The monoisotopic (exact) mass is 237 g/mol. The molecule has 0 spiro atoms. The average Bonchev–Trinajstić information content (AvgIpc) is 2.34. The van der Waals surface area contributed by atoms with Crippen LogP contribution in [0.1, 0.15) is 26.5 Å². The van der Waals surface area contributed by atoms with Crippen LogP contribution in [-0.4, -0.2) is 34.1 Å². The number of amidine groups is 1. The molecule has 0 saturated heterocycles. The predicted octanol–water partition coefficient (Wildman–Crippen LogP) is 1.05. The normalized spacial score (nSPS) is 11.9. The Bertz CT molecular complexity index is 391. The number of nitrogens with two attached hydrogens (primary N) is 1. The Kier molecular flexibility index (Phi) is 4.68. The minimum absolute atomic E-state index is 0.00532. The van der Waals surface area contributed by atoms with Gasteiger partial charge in [0.05, 0.1) is 0 Å². The van der Waals surface area contributed by atoms with Gasteiger partial charge in [0.25, 0.3) is 0 Å². The largest absolute Gasteiger partial charge is 0.409 e. The van der Waals surface area contributed by atoms with E-state index in [1.54, 1.807) is 12.3 Å². The summed E-state index contributed by atoms with van der Waals surface area (Å²) in [5, 5.41) is 11.5. The van der Waals surface area contributed by atoms with Gasteiger partial charge < -0.3 is 15.8 Å². The summed E-state index contributed by atoms with van der Waals surface area (Å²) >= 11 is 0. The van der Waals surface area contributed by atoms with Crippen LogP contribution in [0, 0.1) is 5.92 Å². The molecular formula is C11H19N5O. The topological polar surface area (TPSA) is 87.6 Å². The number of anilines is 1. The number of oxime groups is 1. The average molecular weight is 237 g/mol. The molecule has 1 aromatic heterocycles. The molecule has 0 fully saturated rings. The molecule has 0 radical (unpaired) electrons. The van der Waals surface area contributed by atoms with E-state index in [4.69, 9.17) is 10.9 Å². The first-order valence-corrected chi connectivity index (χ1v) is 5.64. The third kappa shape index (κ3) is 3.58. The molecule has 94 valence electrons. The lowest BCUT2D eigenvalue weighted by atomic mass is 10.2. The van der Waals surface area contributed by atoms with Crippen molar-refractivity contribution in [1.29, 1.82) is 0 Å². The maximum Gasteiger partial charge on any atom is 0.225 e. The highest BCUT2D eigenvalue weighted by Crippen LogP contribution is 2.09. The summed E-state index contributed by atoms with van der Waals surface area (Å²) in [6.07, 6.45) is 1.61. The van der Waals surface area contributed by atoms with Gasteiger partial charge in [0.15, 0.2) is 5.84 Å². The van der Waals surface area contributed by atoms with E-state index in [-0.39, 0.29) is 5.84 Å². The first-order valence-electron chi connectivity index (χ1n) is 5.64. The first kappa shape index (κ1) is 13.2. The minimum atomic E-state index is -0.00532. The lowest BCUT2D eigenvalue weighted by Gasteiger charge is -2.22. The zero-order valence-electron chi connectivity index (χ0n) is 10.5. The fourth-order valence-electron chi connectivity index (χ4n) is 1.49. The van der Waals surface area contributed by atoms with Crippen LogP contribution >= 0.6 is 0 Å². The van der Waals surface area contributed by atoms with Crippen molar-refractivity contribution in [2.45, 2.75) is 20.8 Å². The van der Waals surface area contributed by atoms with Gasteiger partial charge >= 0.3 is 0 Å². The van der Waals surface area contributed by atoms with Gasteiger partial charge in [0, 0.05) is 19.3 Å². The van der Waals surface area contributed by atoms with E-state index in [1.165, 1.54) is 0 Å². The van der Waals surface area contributed by atoms with Gasteiger partial charge in [-0.3, -0.25) is 0 Å². The lowest BCUT2D eigenvalue weighted by Crippen LogP contribution is -2.29. The first-order chi connectivity index (χ1) is 8.08. The van der Waals surface area contributed by atoms with E-state index in [9.17, 15) is 0 Å². The SMILES string of the molecule is CCN(CC(C)C)c1nccc(/C(N)=N/O)n1. The van der Waals surface area contributed by atoms with E-state index in [0.717, 1.165) is 13.1 Å². The smallest absolute Gasteiger partial charge is 0.225 e. The fraction of sp³-hybridized carbons (Fsp3) is 0.545. The predicted molar refractivity (Wildman–Crippen MR) is 67.3 cm³/mol. The molecule has 1 rings (SSSR count). The quantitative estimate of drug-likeness (QED) is 0.346. The number of hydrogen-bond donors (Lipinski definition) is 2. The molecule has 6 nitrogen and oxygen atoms in total. The van der Waals surface area contributed by atoms with Gasteiger partial charge in [-0.15, -0.1) is 0 Å². The van der Waals surface area contributed by atoms with Crippen molar-refractivity contribution in [3.63, 3.8) is 0 Å². The van der Waals surface area contributed by atoms with Crippen molar-refractivity contribution >= 4 is 11.8 Å². The van der Waals surface area contributed by atoms with Crippen molar-refractivity contribution in [3.8, 4) is 0 Å². The molecule has 0 atom stereocenters. The molecule has 0 bridgehead atoms. The molecule has 0 saturated carbocycles. The van der Waals surface area contributed by atoms with E-state index >= 15 is 0 Å². The zero-order valence-corrected chi connectivity index (χ0v) is 10.5. The van der Waals surface area contributed by atoms with Gasteiger partial charge in [0.2, 0.25) is 5.95 Å². The Morgan fingerprint density at radius 1 is 1.59 bits per heavy atom. The molecule has 1 heterocycles. The summed E-state index contributed by atoms with van der Waals surface area (Å²) in [5.41, 5.74) is 5.93. The van der Waals surface area contributed by atoms with Crippen molar-refractivity contribution in [2.75, 3.05) is 18.0 Å². The third-order valence-corrected chi connectivity index (χ3v) is 2.26. The molecule has 0 amide bonds. The molecule has 17 heavy (non-hydrogen) atoms. The number of aromatic nitrogens is 2. The Balaban J connectivity index is 2.96. The van der Waals surface area contributed by atoms with Gasteiger partial charge in [-0.05, 0) is 18.9 Å². The van der Waals surface area contributed by atoms with E-state index < -0.39 is 0 Å². The molecule has 0 unspecified atom stereocenters. The maximum absolute atomic E-state index is 8.61. The molecule has 0 aliphatic carbocycles. The van der Waals surface area contributed by atoms with Gasteiger partial charge in [-0.1, -0.05) is 19.0 Å². The zero-order chi connectivity index (χ0) is 12.8. The standard InChI is InChI=1S/C11H19N5O/c1-4-16(7-8(2)3)11-13-6-5-9(14-11)10(12)15-17/h5-6,8,17H,4,7H2,1-3H3,(H2,12,15). The second-order valence-electron chi connectivity index (χ2n) is 4.16. The van der Waals surface area contributed by atoms with Crippen LogP contribution in [0.4, 0.5) is 5.95 Å². The highest BCUT2D eigenvalue weighted by atomic mass is 16.4. The molecule has 0 aliphatic rings. The van der Waals surface area contributed by atoms with E-state index in [1.807, 2.05) is 6.92 Å². The van der Waals surface area contributed by atoms with Crippen LogP contribution in [0.2, 0.25) is 0 Å². The van der Waals surface area contributed by atoms with E-state index in [2.05, 4.69) is 33.9 Å². The van der Waals surface area contributed by atoms with Crippen LogP contribution in [0.3, 0.4) is 0 Å². The second-order valence-corrected chi connectivity index (χ2v) is 4.16. The van der Waals surface area contributed by atoms with Crippen LogP contribution in [0.15, 0.2) is 17.4 Å². The van der Waals surface area contributed by atoms with Crippen LogP contribution in [0.25, 0.3) is 0 Å². The molecule has 3 N–H and O–H groups in total. The molecule has 0 aromatic carbocycles. The summed E-state index contributed by atoms with van der Waals surface area (Å²) in [6.45, 7) is 8.00. The van der Waals surface area contributed by atoms with E-state index in [0.29, 0.717) is 17.6 Å². The minimum Gasteiger partial charge on any atom is -0.409 e. The highest BCUT2D eigenvalue weighted by Gasteiger charge is 2.11. The number of nitrogens with zero attached hydrogens (tertiary/aromatic N) is 4. The Hall–Kier alpha value is -1.85. The highest BCUT2D eigenvalue weighted by molar-refractivity contribution is 5.95. The lowest BCUT2D eigenvalue weighted by molar-refractivity contribution is 0.318. The molecule has 6 heteroatoms. The fourth-order valence-corrected chi connectivity index (χ4v) is 1.49. The third-order valence-electron chi connectivity index (χ3n) is 2.26. The Labute approximate surface area is 101 Å². The molecule has 0 aliphatic heterocycles. The summed E-state index contributed by atoms with van der Waals surface area (Å²) in [6, 6.07) is 1.61. The van der Waals surface area contributed by atoms with Gasteiger partial charge in [-0.25, -0.2) is 9.97 Å². The van der Waals surface area contributed by atoms with Crippen molar-refractivity contribution in [2.24, 2.45) is 16.8 Å². The summed E-state index contributed by atoms with van der Waals surface area (Å²) in [5.74, 6) is 1.12. The van der Waals surface area contributed by atoms with Crippen LogP contribution in [0.5, 0.6) is 0 Å².